The number of hydrogen-bond acceptors (Lipinski definition) is 2. The molecule has 12 heavy (non-hydrogen) atoms. The Morgan fingerprint density at radius 2 is 2.17 bits per heavy atom. The molecule has 0 saturated heterocycles. The molecule has 1 unspecified atom stereocenters. The minimum atomic E-state index is -2.82. The Bertz CT molecular complexity index is 215. The molecule has 0 rings (SSSR count). The van der Waals surface area contributed by atoms with Gasteiger partial charge < -0.3 is 4.52 Å². The zero-order valence-electron chi connectivity index (χ0n) is 7.87. The highest BCUT2D eigenvalue weighted by atomic mass is 35.5. The number of rotatable bonds is 4. The van der Waals surface area contributed by atoms with Gasteiger partial charge in [0.15, 0.2) is 0 Å². The molecule has 72 valence electrons. The topological polar surface area (TPSA) is 29.5 Å². The van der Waals surface area contributed by atoms with Gasteiger partial charge in [-0.15, -0.1) is 0 Å². The van der Waals surface area contributed by atoms with Gasteiger partial charge in [0.05, 0.1) is 6.61 Å². The van der Waals surface area contributed by atoms with Crippen LogP contribution in [0.3, 0.4) is 0 Å². The summed E-state index contributed by atoms with van der Waals surface area (Å²) in [5, 5.41) is 0.566. The SMILES string of the molecule is CCOP(=O)(/C(C)=C/Cl)N(C)C. The van der Waals surface area contributed by atoms with Crippen molar-refractivity contribution >= 4 is 19.1 Å². The van der Waals surface area contributed by atoms with E-state index in [4.69, 9.17) is 16.1 Å². The highest BCUT2D eigenvalue weighted by Gasteiger charge is 2.27. The lowest BCUT2D eigenvalue weighted by Crippen LogP contribution is -2.11. The molecule has 0 aliphatic carbocycles. The van der Waals surface area contributed by atoms with Crippen LogP contribution in [-0.2, 0) is 9.09 Å². The normalized spacial score (nSPS) is 18.0. The lowest BCUT2D eigenvalue weighted by atomic mass is 10.8. The van der Waals surface area contributed by atoms with Crippen LogP contribution in [0.25, 0.3) is 0 Å². The molecular formula is C7H15ClNO2P. The fourth-order valence-electron chi connectivity index (χ4n) is 0.769. The molecule has 0 aromatic carbocycles. The number of nitrogens with zero attached hydrogens (tertiary/aromatic N) is 1. The largest absolute Gasteiger partial charge is 0.315 e. The molecule has 0 bridgehead atoms. The van der Waals surface area contributed by atoms with E-state index in [0.29, 0.717) is 11.9 Å². The van der Waals surface area contributed by atoms with Crippen LogP contribution >= 0.6 is 19.1 Å². The van der Waals surface area contributed by atoms with Gasteiger partial charge in [-0.25, -0.2) is 4.67 Å². The van der Waals surface area contributed by atoms with E-state index in [1.54, 1.807) is 32.6 Å². The summed E-state index contributed by atoms with van der Waals surface area (Å²) in [6.45, 7) is 3.92. The second kappa shape index (κ2) is 5.03. The third-order valence-corrected chi connectivity index (χ3v) is 4.60. The van der Waals surface area contributed by atoms with Gasteiger partial charge in [0.25, 0.3) is 7.52 Å². The fraction of sp³-hybridized carbons (Fsp3) is 0.714. The molecule has 0 amide bonds. The van der Waals surface area contributed by atoms with E-state index in [0.717, 1.165) is 0 Å². The first kappa shape index (κ1) is 12.2. The van der Waals surface area contributed by atoms with E-state index in [2.05, 4.69) is 0 Å². The molecule has 3 nitrogen and oxygen atoms in total. The van der Waals surface area contributed by atoms with Crippen molar-refractivity contribution in [3.63, 3.8) is 0 Å². The summed E-state index contributed by atoms with van der Waals surface area (Å²) < 4.78 is 18.7. The highest BCUT2D eigenvalue weighted by Crippen LogP contribution is 2.56. The molecular weight excluding hydrogens is 197 g/mol. The van der Waals surface area contributed by atoms with E-state index >= 15 is 0 Å². The average Bonchev–Trinajstić information content (AvgIpc) is 2.03. The van der Waals surface area contributed by atoms with Gasteiger partial charge in [-0.2, -0.15) is 0 Å². The third-order valence-electron chi connectivity index (χ3n) is 1.43. The minimum absolute atomic E-state index is 0.414. The van der Waals surface area contributed by atoms with E-state index in [1.165, 1.54) is 5.54 Å². The Kier molecular flexibility index (Phi) is 5.10. The third kappa shape index (κ3) is 2.60. The van der Waals surface area contributed by atoms with Gasteiger partial charge in [0, 0.05) is 10.8 Å². The Balaban J connectivity index is 4.75. The molecule has 0 spiro atoms. The van der Waals surface area contributed by atoms with Crippen molar-refractivity contribution in [3.05, 3.63) is 10.8 Å². The monoisotopic (exact) mass is 211 g/mol. The fourth-order valence-corrected chi connectivity index (χ4v) is 2.68. The summed E-state index contributed by atoms with van der Waals surface area (Å²) >= 11 is 5.48. The standard InChI is InChI=1S/C7H15ClNO2P/c1-5-11-12(10,9(3)4)7(2)6-8/h6H,5H2,1-4H3/b7-6+. The molecule has 0 radical (unpaired) electrons. The van der Waals surface area contributed by atoms with Crippen LogP contribution in [0, 0.1) is 0 Å². The zero-order valence-corrected chi connectivity index (χ0v) is 9.52. The number of allylic oxidation sites excluding steroid dienone is 1. The van der Waals surface area contributed by atoms with Crippen LogP contribution in [0.5, 0.6) is 0 Å². The van der Waals surface area contributed by atoms with Gasteiger partial charge in [-0.1, -0.05) is 11.6 Å². The van der Waals surface area contributed by atoms with Crippen LogP contribution in [0.2, 0.25) is 0 Å². The molecule has 0 heterocycles. The van der Waals surface area contributed by atoms with Crippen molar-refractivity contribution in [1.29, 1.82) is 0 Å². The van der Waals surface area contributed by atoms with Gasteiger partial charge in [-0.3, -0.25) is 4.57 Å². The van der Waals surface area contributed by atoms with E-state index in [9.17, 15) is 4.57 Å². The lowest BCUT2D eigenvalue weighted by Gasteiger charge is -2.24. The molecule has 0 saturated carbocycles. The van der Waals surface area contributed by atoms with Gasteiger partial charge >= 0.3 is 0 Å². The molecule has 5 heteroatoms. The Morgan fingerprint density at radius 3 is 2.42 bits per heavy atom. The summed E-state index contributed by atoms with van der Waals surface area (Å²) in [6.07, 6.45) is 0. The van der Waals surface area contributed by atoms with Crippen LogP contribution in [0.15, 0.2) is 10.8 Å². The highest BCUT2D eigenvalue weighted by molar-refractivity contribution is 7.61. The first-order valence-corrected chi connectivity index (χ1v) is 5.70. The molecule has 0 fully saturated rings. The van der Waals surface area contributed by atoms with Crippen molar-refractivity contribution in [2.24, 2.45) is 0 Å². The number of hydrogen-bond donors (Lipinski definition) is 0. The van der Waals surface area contributed by atoms with E-state index in [1.807, 2.05) is 0 Å². The molecule has 1 atom stereocenters. The minimum Gasteiger partial charge on any atom is -0.315 e. The van der Waals surface area contributed by atoms with Gasteiger partial charge in [-0.05, 0) is 27.9 Å². The smallest absolute Gasteiger partial charge is 0.298 e. The van der Waals surface area contributed by atoms with Gasteiger partial charge in [0.1, 0.15) is 0 Å². The first-order chi connectivity index (χ1) is 5.49. The van der Waals surface area contributed by atoms with Gasteiger partial charge in [0.2, 0.25) is 0 Å². The predicted molar refractivity (Wildman–Crippen MR) is 52.5 cm³/mol. The maximum absolute atomic E-state index is 12.0. The van der Waals surface area contributed by atoms with Crippen molar-refractivity contribution in [2.75, 3.05) is 20.7 Å². The summed E-state index contributed by atoms with van der Waals surface area (Å²) in [6, 6.07) is 0. The summed E-state index contributed by atoms with van der Waals surface area (Å²) in [5.74, 6) is 0. The van der Waals surface area contributed by atoms with Crippen molar-refractivity contribution in [2.45, 2.75) is 13.8 Å². The van der Waals surface area contributed by atoms with E-state index in [-0.39, 0.29) is 0 Å². The Morgan fingerprint density at radius 1 is 1.67 bits per heavy atom. The summed E-state index contributed by atoms with van der Waals surface area (Å²) in [5.41, 5.74) is 1.30. The maximum atomic E-state index is 12.0. The van der Waals surface area contributed by atoms with Crippen molar-refractivity contribution < 1.29 is 9.09 Å². The van der Waals surface area contributed by atoms with Crippen LogP contribution in [0.1, 0.15) is 13.8 Å². The number of halogens is 1. The Labute approximate surface area is 78.8 Å². The molecule has 0 aliphatic heterocycles. The molecule has 0 aromatic heterocycles. The molecule has 0 N–H and O–H groups in total. The van der Waals surface area contributed by atoms with Crippen molar-refractivity contribution in [1.82, 2.24) is 4.67 Å². The quantitative estimate of drug-likeness (QED) is 0.670. The molecule has 0 aliphatic rings. The zero-order chi connectivity index (χ0) is 9.78. The van der Waals surface area contributed by atoms with Crippen LogP contribution < -0.4 is 0 Å². The van der Waals surface area contributed by atoms with Crippen LogP contribution in [0.4, 0.5) is 0 Å². The summed E-state index contributed by atoms with van der Waals surface area (Å²) in [7, 11) is 0.597. The van der Waals surface area contributed by atoms with Crippen LogP contribution in [-0.4, -0.2) is 25.4 Å². The van der Waals surface area contributed by atoms with Crippen molar-refractivity contribution in [3.8, 4) is 0 Å². The lowest BCUT2D eigenvalue weighted by molar-refractivity contribution is 0.303. The first-order valence-electron chi connectivity index (χ1n) is 3.69. The predicted octanol–water partition coefficient (Wildman–Crippen LogP) is 2.88. The second-order valence-corrected chi connectivity index (χ2v) is 5.56. The molecule has 0 aromatic rings. The Hall–Kier alpha value is 0.180. The average molecular weight is 212 g/mol. The maximum Gasteiger partial charge on any atom is 0.298 e. The summed E-state index contributed by atoms with van der Waals surface area (Å²) in [4.78, 5) is 0. The van der Waals surface area contributed by atoms with E-state index < -0.39 is 7.52 Å². The second-order valence-electron chi connectivity index (χ2n) is 2.54.